The third-order valence-electron chi connectivity index (χ3n) is 3.16. The molecule has 84 valence electrons. The molecule has 0 N–H and O–H groups in total. The van der Waals surface area contributed by atoms with Gasteiger partial charge in [-0.1, -0.05) is 11.6 Å². The van der Waals surface area contributed by atoms with Gasteiger partial charge in [-0.2, -0.15) is 5.10 Å². The van der Waals surface area contributed by atoms with Gasteiger partial charge in [-0.15, -0.1) is 11.3 Å². The van der Waals surface area contributed by atoms with Gasteiger partial charge in [-0.3, -0.25) is 4.79 Å². The standard InChI is InChI=1S/C11H11ClN2OS/c1-6(7-2-3-7)14-11(15)8-4-10(12)16-9(8)5-13-14/h4-7H,2-3H2,1H3. The molecule has 1 atom stereocenters. The summed E-state index contributed by atoms with van der Waals surface area (Å²) in [6, 6.07) is 1.94. The van der Waals surface area contributed by atoms with Crippen molar-refractivity contribution < 1.29 is 0 Å². The van der Waals surface area contributed by atoms with E-state index in [0.29, 0.717) is 15.6 Å². The van der Waals surface area contributed by atoms with Gasteiger partial charge in [-0.25, -0.2) is 4.68 Å². The number of halogens is 1. The van der Waals surface area contributed by atoms with E-state index in [4.69, 9.17) is 11.6 Å². The number of fused-ring (bicyclic) bond motifs is 1. The minimum atomic E-state index is -0.0138. The zero-order chi connectivity index (χ0) is 11.3. The smallest absolute Gasteiger partial charge is 0.267 e. The topological polar surface area (TPSA) is 34.9 Å². The van der Waals surface area contributed by atoms with E-state index in [0.717, 1.165) is 4.70 Å². The fraction of sp³-hybridized carbons (Fsp3) is 0.455. The molecule has 1 fully saturated rings. The summed E-state index contributed by atoms with van der Waals surface area (Å²) < 4.78 is 3.11. The van der Waals surface area contributed by atoms with E-state index in [9.17, 15) is 4.79 Å². The van der Waals surface area contributed by atoms with Crippen LogP contribution >= 0.6 is 22.9 Å². The lowest BCUT2D eigenvalue weighted by Crippen LogP contribution is -2.26. The van der Waals surface area contributed by atoms with Gasteiger partial charge >= 0.3 is 0 Å². The molecule has 0 aliphatic heterocycles. The Kier molecular flexibility index (Phi) is 2.30. The molecule has 3 rings (SSSR count). The average molecular weight is 255 g/mol. The molecule has 16 heavy (non-hydrogen) atoms. The van der Waals surface area contributed by atoms with E-state index in [1.54, 1.807) is 16.9 Å². The van der Waals surface area contributed by atoms with Crippen LogP contribution in [0.25, 0.3) is 10.1 Å². The summed E-state index contributed by atoms with van der Waals surface area (Å²) in [7, 11) is 0. The summed E-state index contributed by atoms with van der Waals surface area (Å²) >= 11 is 7.30. The lowest BCUT2D eigenvalue weighted by Gasteiger charge is -2.11. The molecule has 2 aromatic rings. The Balaban J connectivity index is 2.18. The minimum Gasteiger partial charge on any atom is -0.267 e. The Bertz CT molecular complexity index is 600. The molecule has 0 aromatic carbocycles. The van der Waals surface area contributed by atoms with Crippen molar-refractivity contribution in [3.63, 3.8) is 0 Å². The van der Waals surface area contributed by atoms with Gasteiger partial charge in [0, 0.05) is 0 Å². The third-order valence-corrected chi connectivity index (χ3v) is 4.36. The van der Waals surface area contributed by atoms with E-state index in [1.165, 1.54) is 24.2 Å². The van der Waals surface area contributed by atoms with Gasteiger partial charge in [0.15, 0.2) is 0 Å². The third kappa shape index (κ3) is 1.57. The van der Waals surface area contributed by atoms with Crippen LogP contribution in [0, 0.1) is 5.92 Å². The summed E-state index contributed by atoms with van der Waals surface area (Å²) in [5, 5.41) is 4.93. The van der Waals surface area contributed by atoms with Crippen LogP contribution in [0.1, 0.15) is 25.8 Å². The van der Waals surface area contributed by atoms with Crippen molar-refractivity contribution >= 4 is 33.0 Å². The molecular weight excluding hydrogens is 244 g/mol. The Morgan fingerprint density at radius 1 is 1.62 bits per heavy atom. The second-order valence-electron chi connectivity index (χ2n) is 4.30. The monoisotopic (exact) mass is 254 g/mol. The maximum Gasteiger partial charge on any atom is 0.275 e. The number of aromatic nitrogens is 2. The zero-order valence-electron chi connectivity index (χ0n) is 8.81. The molecule has 0 radical (unpaired) electrons. The summed E-state index contributed by atoms with van der Waals surface area (Å²) in [5.41, 5.74) is -0.0138. The predicted octanol–water partition coefficient (Wildman–Crippen LogP) is 3.08. The highest BCUT2D eigenvalue weighted by Gasteiger charge is 2.30. The molecule has 5 heteroatoms. The van der Waals surface area contributed by atoms with Crippen molar-refractivity contribution in [2.24, 2.45) is 5.92 Å². The second-order valence-corrected chi connectivity index (χ2v) is 6.02. The van der Waals surface area contributed by atoms with Crippen LogP contribution in [-0.4, -0.2) is 9.78 Å². The number of hydrogen-bond acceptors (Lipinski definition) is 3. The molecule has 1 saturated carbocycles. The lowest BCUT2D eigenvalue weighted by molar-refractivity contribution is 0.423. The number of rotatable bonds is 2. The maximum atomic E-state index is 12.2. The Hall–Kier alpha value is -0.870. The van der Waals surface area contributed by atoms with Gasteiger partial charge in [-0.05, 0) is 31.7 Å². The van der Waals surface area contributed by atoms with Gasteiger partial charge in [0.2, 0.25) is 0 Å². The number of nitrogens with zero attached hydrogens (tertiary/aromatic N) is 2. The molecule has 0 spiro atoms. The van der Waals surface area contributed by atoms with E-state index in [-0.39, 0.29) is 11.6 Å². The van der Waals surface area contributed by atoms with Gasteiger partial charge in [0.25, 0.3) is 5.56 Å². The summed E-state index contributed by atoms with van der Waals surface area (Å²) in [5.74, 6) is 0.622. The van der Waals surface area contributed by atoms with Crippen molar-refractivity contribution in [3.8, 4) is 0 Å². The van der Waals surface area contributed by atoms with Crippen LogP contribution in [-0.2, 0) is 0 Å². The molecule has 2 aromatic heterocycles. The first-order valence-corrected chi connectivity index (χ1v) is 6.53. The fourth-order valence-electron chi connectivity index (χ4n) is 2.00. The molecule has 1 unspecified atom stereocenters. The van der Waals surface area contributed by atoms with Crippen LogP contribution in [0.3, 0.4) is 0 Å². The van der Waals surface area contributed by atoms with Crippen LogP contribution < -0.4 is 5.56 Å². The lowest BCUT2D eigenvalue weighted by atomic mass is 10.2. The Morgan fingerprint density at radius 3 is 3.06 bits per heavy atom. The second kappa shape index (κ2) is 3.57. The summed E-state index contributed by atoms with van der Waals surface area (Å²) in [4.78, 5) is 12.2. The van der Waals surface area contributed by atoms with Gasteiger partial charge in [0.05, 0.1) is 26.7 Å². The fourth-order valence-corrected chi connectivity index (χ4v) is 3.10. The zero-order valence-corrected chi connectivity index (χ0v) is 10.4. The number of thiophene rings is 1. The Morgan fingerprint density at radius 2 is 2.38 bits per heavy atom. The quantitative estimate of drug-likeness (QED) is 0.826. The highest BCUT2D eigenvalue weighted by Crippen LogP contribution is 2.38. The first-order chi connectivity index (χ1) is 7.66. The van der Waals surface area contributed by atoms with Gasteiger partial charge in [0.1, 0.15) is 0 Å². The normalized spacial score (nSPS) is 17.9. The van der Waals surface area contributed by atoms with Crippen molar-refractivity contribution in [3.05, 3.63) is 27.0 Å². The van der Waals surface area contributed by atoms with Crippen LogP contribution in [0.5, 0.6) is 0 Å². The van der Waals surface area contributed by atoms with Crippen LogP contribution in [0.4, 0.5) is 0 Å². The molecule has 2 heterocycles. The molecule has 3 nitrogen and oxygen atoms in total. The number of hydrogen-bond donors (Lipinski definition) is 0. The minimum absolute atomic E-state index is 0.0138. The highest BCUT2D eigenvalue weighted by atomic mass is 35.5. The SMILES string of the molecule is CC(C1CC1)n1ncc2sc(Cl)cc2c1=O. The largest absolute Gasteiger partial charge is 0.275 e. The first-order valence-electron chi connectivity index (χ1n) is 5.33. The van der Waals surface area contributed by atoms with Crippen molar-refractivity contribution in [2.75, 3.05) is 0 Å². The average Bonchev–Trinajstić information content (AvgIpc) is 3.01. The van der Waals surface area contributed by atoms with Crippen LogP contribution in [0.2, 0.25) is 4.34 Å². The maximum absolute atomic E-state index is 12.2. The molecule has 0 amide bonds. The van der Waals surface area contributed by atoms with E-state index in [1.807, 2.05) is 0 Å². The van der Waals surface area contributed by atoms with Gasteiger partial charge < -0.3 is 0 Å². The van der Waals surface area contributed by atoms with Crippen molar-refractivity contribution in [1.29, 1.82) is 0 Å². The Labute approximate surface area is 102 Å². The molecule has 1 aliphatic rings. The van der Waals surface area contributed by atoms with E-state index in [2.05, 4.69) is 12.0 Å². The van der Waals surface area contributed by atoms with E-state index >= 15 is 0 Å². The molecule has 0 bridgehead atoms. The van der Waals surface area contributed by atoms with Crippen LogP contribution in [0.15, 0.2) is 17.1 Å². The van der Waals surface area contributed by atoms with Crippen molar-refractivity contribution in [2.45, 2.75) is 25.8 Å². The molecule has 1 aliphatic carbocycles. The highest BCUT2D eigenvalue weighted by molar-refractivity contribution is 7.22. The van der Waals surface area contributed by atoms with Crippen molar-refractivity contribution in [1.82, 2.24) is 9.78 Å². The van der Waals surface area contributed by atoms with E-state index < -0.39 is 0 Å². The summed E-state index contributed by atoms with van der Waals surface area (Å²) in [6.45, 7) is 2.06. The molecular formula is C11H11ClN2OS. The summed E-state index contributed by atoms with van der Waals surface area (Å²) in [6.07, 6.45) is 4.15. The first kappa shape index (κ1) is 10.3. The molecule has 0 saturated heterocycles. The predicted molar refractivity (Wildman–Crippen MR) is 66.3 cm³/mol.